The van der Waals surface area contributed by atoms with Crippen LogP contribution in [0.25, 0.3) is 0 Å². The summed E-state index contributed by atoms with van der Waals surface area (Å²) in [6.07, 6.45) is -2.03. The van der Waals surface area contributed by atoms with E-state index in [4.69, 9.17) is 5.11 Å². The largest absolute Gasteiger partial charge is 0.478 e. The van der Waals surface area contributed by atoms with Crippen molar-refractivity contribution in [1.29, 1.82) is 0 Å². The van der Waals surface area contributed by atoms with E-state index in [2.05, 4.69) is 15.9 Å². The predicted octanol–water partition coefficient (Wildman–Crippen LogP) is 1.17. The summed E-state index contributed by atoms with van der Waals surface area (Å²) in [5.41, 5.74) is 0.482. The Kier molecular flexibility index (Phi) is 4.26. The molecule has 1 aromatic rings. The van der Waals surface area contributed by atoms with Crippen LogP contribution in [0, 0.1) is 0 Å². The van der Waals surface area contributed by atoms with E-state index >= 15 is 0 Å². The van der Waals surface area contributed by atoms with Crippen molar-refractivity contribution >= 4 is 21.9 Å². The SMILES string of the molecule is O=C(O)c1cccc(C(O)C(O)CBr)c1. The predicted molar refractivity (Wildman–Crippen MR) is 58.2 cm³/mol. The van der Waals surface area contributed by atoms with Crippen molar-refractivity contribution in [3.8, 4) is 0 Å². The van der Waals surface area contributed by atoms with E-state index in [0.717, 1.165) is 0 Å². The van der Waals surface area contributed by atoms with Gasteiger partial charge in [-0.3, -0.25) is 0 Å². The molecule has 0 aliphatic heterocycles. The molecule has 0 aliphatic rings. The van der Waals surface area contributed by atoms with Crippen LogP contribution >= 0.6 is 15.9 Å². The molecule has 0 radical (unpaired) electrons. The number of carboxylic acid groups (broad SMARTS) is 1. The standard InChI is InChI=1S/C10H11BrO4/c11-5-8(12)9(13)6-2-1-3-7(4-6)10(14)15/h1-4,8-9,12-13H,5H2,(H,14,15). The van der Waals surface area contributed by atoms with Crippen LogP contribution in [-0.4, -0.2) is 32.7 Å². The highest BCUT2D eigenvalue weighted by atomic mass is 79.9. The van der Waals surface area contributed by atoms with Crippen molar-refractivity contribution in [2.45, 2.75) is 12.2 Å². The molecule has 0 saturated carbocycles. The van der Waals surface area contributed by atoms with E-state index in [1.165, 1.54) is 18.2 Å². The molecule has 0 amide bonds. The van der Waals surface area contributed by atoms with Gasteiger partial charge in [0.15, 0.2) is 0 Å². The van der Waals surface area contributed by atoms with Crippen molar-refractivity contribution in [2.75, 3.05) is 5.33 Å². The van der Waals surface area contributed by atoms with E-state index < -0.39 is 18.2 Å². The van der Waals surface area contributed by atoms with Crippen LogP contribution in [-0.2, 0) is 0 Å². The van der Waals surface area contributed by atoms with E-state index in [9.17, 15) is 15.0 Å². The Hall–Kier alpha value is -0.910. The van der Waals surface area contributed by atoms with Crippen LogP contribution in [0.3, 0.4) is 0 Å². The molecule has 0 spiro atoms. The molecule has 0 bridgehead atoms. The van der Waals surface area contributed by atoms with Gasteiger partial charge < -0.3 is 15.3 Å². The number of aliphatic hydroxyl groups excluding tert-OH is 2. The summed E-state index contributed by atoms with van der Waals surface area (Å²) in [6.45, 7) is 0. The van der Waals surface area contributed by atoms with E-state index in [1.54, 1.807) is 6.07 Å². The fourth-order valence-corrected chi connectivity index (χ4v) is 1.52. The zero-order valence-electron chi connectivity index (χ0n) is 7.80. The molecule has 0 saturated heterocycles. The fourth-order valence-electron chi connectivity index (χ4n) is 1.16. The summed E-state index contributed by atoms with van der Waals surface area (Å²) in [5.74, 6) is -1.06. The molecule has 2 unspecified atom stereocenters. The molecule has 82 valence electrons. The van der Waals surface area contributed by atoms with Gasteiger partial charge >= 0.3 is 5.97 Å². The van der Waals surface area contributed by atoms with Gasteiger partial charge in [0, 0.05) is 5.33 Å². The Labute approximate surface area is 95.3 Å². The number of alkyl halides is 1. The van der Waals surface area contributed by atoms with E-state index in [0.29, 0.717) is 5.56 Å². The van der Waals surface area contributed by atoms with Crippen molar-refractivity contribution in [3.05, 3.63) is 35.4 Å². The zero-order chi connectivity index (χ0) is 11.4. The Bertz CT molecular complexity index is 353. The van der Waals surface area contributed by atoms with Crippen molar-refractivity contribution in [3.63, 3.8) is 0 Å². The van der Waals surface area contributed by atoms with Gasteiger partial charge in [-0.25, -0.2) is 4.79 Å². The second kappa shape index (κ2) is 5.25. The van der Waals surface area contributed by atoms with Gasteiger partial charge in [0.25, 0.3) is 0 Å². The lowest BCUT2D eigenvalue weighted by atomic mass is 10.0. The first-order valence-electron chi connectivity index (χ1n) is 4.31. The molecule has 0 heterocycles. The normalized spacial score (nSPS) is 14.6. The molecule has 2 atom stereocenters. The van der Waals surface area contributed by atoms with Crippen molar-refractivity contribution < 1.29 is 20.1 Å². The van der Waals surface area contributed by atoms with Gasteiger partial charge in [0.1, 0.15) is 6.10 Å². The first-order valence-corrected chi connectivity index (χ1v) is 5.43. The number of carbonyl (C=O) groups is 1. The molecule has 1 rings (SSSR count). The summed E-state index contributed by atoms with van der Waals surface area (Å²) in [7, 11) is 0. The van der Waals surface area contributed by atoms with Gasteiger partial charge in [0.2, 0.25) is 0 Å². The van der Waals surface area contributed by atoms with Crippen LogP contribution in [0.15, 0.2) is 24.3 Å². The third-order valence-corrected chi connectivity index (χ3v) is 2.66. The Balaban J connectivity index is 2.94. The highest BCUT2D eigenvalue weighted by molar-refractivity contribution is 9.09. The minimum Gasteiger partial charge on any atom is -0.478 e. The molecule has 1 aromatic carbocycles. The highest BCUT2D eigenvalue weighted by Gasteiger charge is 2.17. The first kappa shape index (κ1) is 12.2. The third kappa shape index (κ3) is 3.02. The number of aromatic carboxylic acids is 1. The molecule has 0 aliphatic carbocycles. The van der Waals surface area contributed by atoms with Crippen LogP contribution in [0.2, 0.25) is 0 Å². The first-order chi connectivity index (χ1) is 7.06. The maximum atomic E-state index is 10.7. The molecule has 4 nitrogen and oxygen atoms in total. The summed E-state index contributed by atoms with van der Waals surface area (Å²) in [4.78, 5) is 10.7. The van der Waals surface area contributed by atoms with E-state index in [1.807, 2.05) is 0 Å². The van der Waals surface area contributed by atoms with Crippen LogP contribution < -0.4 is 0 Å². The van der Waals surface area contributed by atoms with Crippen LogP contribution in [0.4, 0.5) is 0 Å². The monoisotopic (exact) mass is 274 g/mol. The van der Waals surface area contributed by atoms with E-state index in [-0.39, 0.29) is 10.9 Å². The summed E-state index contributed by atoms with van der Waals surface area (Å²) in [6, 6.07) is 5.88. The molecular weight excluding hydrogens is 264 g/mol. The lowest BCUT2D eigenvalue weighted by Crippen LogP contribution is -2.19. The Morgan fingerprint density at radius 3 is 2.60 bits per heavy atom. The topological polar surface area (TPSA) is 77.8 Å². The summed E-state index contributed by atoms with van der Waals surface area (Å²) < 4.78 is 0. The number of rotatable bonds is 4. The summed E-state index contributed by atoms with van der Waals surface area (Å²) >= 11 is 3.03. The van der Waals surface area contributed by atoms with Gasteiger partial charge in [-0.2, -0.15) is 0 Å². The molecule has 0 aromatic heterocycles. The molecule has 3 N–H and O–H groups in total. The zero-order valence-corrected chi connectivity index (χ0v) is 9.39. The lowest BCUT2D eigenvalue weighted by Gasteiger charge is -2.15. The molecule has 15 heavy (non-hydrogen) atoms. The minimum absolute atomic E-state index is 0.0910. The third-order valence-electron chi connectivity index (χ3n) is 2.00. The molecule has 5 heteroatoms. The minimum atomic E-state index is -1.08. The van der Waals surface area contributed by atoms with Crippen LogP contribution in [0.1, 0.15) is 22.0 Å². The molecular formula is C10H11BrO4. The van der Waals surface area contributed by atoms with Crippen LogP contribution in [0.5, 0.6) is 0 Å². The second-order valence-electron chi connectivity index (χ2n) is 3.10. The van der Waals surface area contributed by atoms with Crippen molar-refractivity contribution in [2.24, 2.45) is 0 Å². The second-order valence-corrected chi connectivity index (χ2v) is 3.74. The number of aliphatic hydroxyl groups is 2. The average molecular weight is 275 g/mol. The maximum absolute atomic E-state index is 10.7. The van der Waals surface area contributed by atoms with Crippen molar-refractivity contribution in [1.82, 2.24) is 0 Å². The van der Waals surface area contributed by atoms with Gasteiger partial charge in [-0.05, 0) is 17.7 Å². The number of hydrogen-bond donors (Lipinski definition) is 3. The maximum Gasteiger partial charge on any atom is 0.335 e. The Morgan fingerprint density at radius 2 is 2.07 bits per heavy atom. The van der Waals surface area contributed by atoms with Gasteiger partial charge in [-0.1, -0.05) is 28.1 Å². The lowest BCUT2D eigenvalue weighted by molar-refractivity contribution is 0.0341. The number of halogens is 1. The number of benzene rings is 1. The smallest absolute Gasteiger partial charge is 0.335 e. The number of hydrogen-bond acceptors (Lipinski definition) is 3. The van der Waals surface area contributed by atoms with Gasteiger partial charge in [-0.15, -0.1) is 0 Å². The molecule has 0 fully saturated rings. The quantitative estimate of drug-likeness (QED) is 0.721. The highest BCUT2D eigenvalue weighted by Crippen LogP contribution is 2.19. The average Bonchev–Trinajstić information content (AvgIpc) is 2.27. The summed E-state index contributed by atoms with van der Waals surface area (Å²) in [5, 5.41) is 27.9. The fraction of sp³-hybridized carbons (Fsp3) is 0.300. The van der Waals surface area contributed by atoms with Gasteiger partial charge in [0.05, 0.1) is 11.7 Å². The number of carboxylic acids is 1. The Morgan fingerprint density at radius 1 is 1.40 bits per heavy atom.